The summed E-state index contributed by atoms with van der Waals surface area (Å²) in [7, 11) is 0. The van der Waals surface area contributed by atoms with Crippen molar-refractivity contribution in [3.05, 3.63) is 35.4 Å². The van der Waals surface area contributed by atoms with E-state index in [1.165, 1.54) is 18.6 Å². The monoisotopic (exact) mass is 244 g/mol. The summed E-state index contributed by atoms with van der Waals surface area (Å²) >= 11 is 6.30. The van der Waals surface area contributed by atoms with E-state index in [9.17, 15) is 8.78 Å². The van der Waals surface area contributed by atoms with E-state index in [0.717, 1.165) is 31.2 Å². The van der Waals surface area contributed by atoms with E-state index >= 15 is 0 Å². The zero-order chi connectivity index (χ0) is 11.5. The smallest absolute Gasteiger partial charge is 0.159 e. The Kier molecular flexibility index (Phi) is 3.80. The van der Waals surface area contributed by atoms with E-state index in [1.54, 1.807) is 6.07 Å². The van der Waals surface area contributed by atoms with Crippen molar-refractivity contribution in [2.75, 3.05) is 0 Å². The number of rotatable bonds is 1. The maximum atomic E-state index is 13.1. The molecule has 0 N–H and O–H groups in total. The summed E-state index contributed by atoms with van der Waals surface area (Å²) in [6, 6.07) is 4.14. The minimum absolute atomic E-state index is 0.0485. The van der Waals surface area contributed by atoms with Gasteiger partial charge in [-0.25, -0.2) is 8.78 Å². The molecular weight excluding hydrogens is 230 g/mol. The fourth-order valence-corrected chi connectivity index (χ4v) is 2.81. The van der Waals surface area contributed by atoms with Gasteiger partial charge in [-0.05, 0) is 30.5 Å². The van der Waals surface area contributed by atoms with Crippen molar-refractivity contribution < 1.29 is 8.78 Å². The molecule has 3 heteroatoms. The molecule has 0 nitrogen and oxygen atoms in total. The van der Waals surface area contributed by atoms with Crippen LogP contribution in [0.1, 0.15) is 43.6 Å². The number of hydrogen-bond donors (Lipinski definition) is 0. The number of benzene rings is 1. The zero-order valence-electron chi connectivity index (χ0n) is 9.06. The molecule has 1 aromatic carbocycles. The Morgan fingerprint density at radius 2 is 1.75 bits per heavy atom. The number of halogens is 3. The lowest BCUT2D eigenvalue weighted by molar-refractivity contribution is 0.502. The second-order valence-electron chi connectivity index (χ2n) is 4.43. The molecule has 2 atom stereocenters. The first kappa shape index (κ1) is 11.8. The number of hydrogen-bond acceptors (Lipinski definition) is 0. The van der Waals surface area contributed by atoms with Crippen LogP contribution in [0, 0.1) is 11.6 Å². The van der Waals surface area contributed by atoms with Gasteiger partial charge in [-0.2, -0.15) is 0 Å². The highest BCUT2D eigenvalue weighted by molar-refractivity contribution is 6.21. The van der Waals surface area contributed by atoms with Crippen molar-refractivity contribution in [3.8, 4) is 0 Å². The van der Waals surface area contributed by atoms with Crippen LogP contribution in [0.3, 0.4) is 0 Å². The van der Waals surface area contributed by atoms with E-state index in [-0.39, 0.29) is 11.3 Å². The van der Waals surface area contributed by atoms with Crippen molar-refractivity contribution in [2.24, 2.45) is 0 Å². The highest BCUT2D eigenvalue weighted by Gasteiger charge is 2.23. The average Bonchev–Trinajstić information content (AvgIpc) is 2.47. The first-order valence-electron chi connectivity index (χ1n) is 5.77. The molecule has 1 aliphatic rings. The van der Waals surface area contributed by atoms with Gasteiger partial charge in [0.25, 0.3) is 0 Å². The van der Waals surface area contributed by atoms with Crippen LogP contribution in [0.2, 0.25) is 0 Å². The van der Waals surface area contributed by atoms with Gasteiger partial charge in [0.05, 0.1) is 0 Å². The fraction of sp³-hybridized carbons (Fsp3) is 0.538. The van der Waals surface area contributed by atoms with Crippen molar-refractivity contribution in [3.63, 3.8) is 0 Å². The van der Waals surface area contributed by atoms with E-state index < -0.39 is 11.6 Å². The molecule has 88 valence electrons. The highest BCUT2D eigenvalue weighted by atomic mass is 35.5. The molecular formula is C13H15ClF2. The van der Waals surface area contributed by atoms with Gasteiger partial charge in [-0.1, -0.05) is 25.3 Å². The Hall–Kier alpha value is -0.630. The Balaban J connectivity index is 2.23. The summed E-state index contributed by atoms with van der Waals surface area (Å²) in [5, 5.41) is 0.0485. The summed E-state index contributed by atoms with van der Waals surface area (Å²) in [6.07, 6.45) is 5.37. The molecule has 16 heavy (non-hydrogen) atoms. The van der Waals surface area contributed by atoms with Crippen molar-refractivity contribution in [2.45, 2.75) is 43.4 Å². The molecule has 0 aromatic heterocycles. The van der Waals surface area contributed by atoms with E-state index in [2.05, 4.69) is 0 Å². The molecule has 0 amide bonds. The summed E-state index contributed by atoms with van der Waals surface area (Å²) in [5.74, 6) is -1.40. The Morgan fingerprint density at radius 3 is 2.50 bits per heavy atom. The van der Waals surface area contributed by atoms with E-state index in [0.29, 0.717) is 0 Å². The van der Waals surface area contributed by atoms with Gasteiger partial charge in [-0.15, -0.1) is 11.6 Å². The third-order valence-corrected chi connectivity index (χ3v) is 3.83. The number of alkyl halides is 1. The summed E-state index contributed by atoms with van der Waals surface area (Å²) in [6.45, 7) is 0. The molecule has 0 spiro atoms. The van der Waals surface area contributed by atoms with E-state index in [4.69, 9.17) is 11.6 Å². The average molecular weight is 245 g/mol. The van der Waals surface area contributed by atoms with Gasteiger partial charge >= 0.3 is 0 Å². The topological polar surface area (TPSA) is 0 Å². The largest absolute Gasteiger partial charge is 0.204 e. The standard InChI is InChI=1S/C13H15ClF2/c14-11-5-3-1-2-4-10(11)9-6-7-12(15)13(16)8-9/h6-8,10-11H,1-5H2. The third-order valence-electron chi connectivity index (χ3n) is 3.30. The lowest BCUT2D eigenvalue weighted by Gasteiger charge is -2.20. The molecule has 0 heterocycles. The second-order valence-corrected chi connectivity index (χ2v) is 4.99. The molecule has 2 rings (SSSR count). The van der Waals surface area contributed by atoms with Crippen molar-refractivity contribution in [1.82, 2.24) is 0 Å². The van der Waals surface area contributed by atoms with Crippen LogP contribution in [-0.4, -0.2) is 5.38 Å². The molecule has 1 fully saturated rings. The first-order chi connectivity index (χ1) is 7.68. The van der Waals surface area contributed by atoms with Crippen LogP contribution >= 0.6 is 11.6 Å². The zero-order valence-corrected chi connectivity index (χ0v) is 9.81. The summed E-state index contributed by atoms with van der Waals surface area (Å²) < 4.78 is 26.0. The maximum Gasteiger partial charge on any atom is 0.159 e. The molecule has 1 aliphatic carbocycles. The molecule has 2 unspecified atom stereocenters. The van der Waals surface area contributed by atoms with Gasteiger partial charge in [-0.3, -0.25) is 0 Å². The maximum absolute atomic E-state index is 13.1. The summed E-state index contributed by atoms with van der Waals surface area (Å²) in [5.41, 5.74) is 0.834. The van der Waals surface area contributed by atoms with Crippen molar-refractivity contribution in [1.29, 1.82) is 0 Å². The fourth-order valence-electron chi connectivity index (χ4n) is 2.38. The first-order valence-corrected chi connectivity index (χ1v) is 6.21. The lowest BCUT2D eigenvalue weighted by Crippen LogP contribution is -2.11. The van der Waals surface area contributed by atoms with Crippen LogP contribution in [0.5, 0.6) is 0 Å². The van der Waals surface area contributed by atoms with Gasteiger partial charge in [0.2, 0.25) is 0 Å². The Morgan fingerprint density at radius 1 is 1.00 bits per heavy atom. The highest BCUT2D eigenvalue weighted by Crippen LogP contribution is 2.35. The van der Waals surface area contributed by atoms with Gasteiger partial charge < -0.3 is 0 Å². The Labute approximate surface area is 99.6 Å². The normalized spacial score (nSPS) is 26.4. The van der Waals surface area contributed by atoms with Crippen LogP contribution in [0.15, 0.2) is 18.2 Å². The van der Waals surface area contributed by atoms with Crippen LogP contribution in [-0.2, 0) is 0 Å². The van der Waals surface area contributed by atoms with E-state index in [1.807, 2.05) is 0 Å². The second kappa shape index (κ2) is 5.13. The molecule has 1 aromatic rings. The minimum Gasteiger partial charge on any atom is -0.204 e. The van der Waals surface area contributed by atoms with Crippen molar-refractivity contribution >= 4 is 11.6 Å². The lowest BCUT2D eigenvalue weighted by atomic mass is 9.91. The Bertz CT molecular complexity index is 365. The molecule has 0 saturated heterocycles. The minimum atomic E-state index is -0.788. The van der Waals surface area contributed by atoms with Gasteiger partial charge in [0.1, 0.15) is 0 Å². The SMILES string of the molecule is Fc1ccc(C2CCCCCC2Cl)cc1F. The van der Waals surface area contributed by atoms with Gasteiger partial charge in [0.15, 0.2) is 11.6 Å². The van der Waals surface area contributed by atoms with Crippen LogP contribution in [0.25, 0.3) is 0 Å². The molecule has 0 aliphatic heterocycles. The van der Waals surface area contributed by atoms with Crippen LogP contribution in [0.4, 0.5) is 8.78 Å². The summed E-state index contributed by atoms with van der Waals surface area (Å²) in [4.78, 5) is 0. The van der Waals surface area contributed by atoms with Gasteiger partial charge in [0, 0.05) is 11.3 Å². The quantitative estimate of drug-likeness (QED) is 0.500. The predicted octanol–water partition coefficient (Wildman–Crippen LogP) is 4.62. The molecule has 1 saturated carbocycles. The third kappa shape index (κ3) is 2.54. The van der Waals surface area contributed by atoms with Crippen LogP contribution < -0.4 is 0 Å². The molecule has 0 bridgehead atoms. The predicted molar refractivity (Wildman–Crippen MR) is 61.8 cm³/mol. The molecule has 0 radical (unpaired) electrons.